The van der Waals surface area contributed by atoms with Gasteiger partial charge in [-0.2, -0.15) is 0 Å². The van der Waals surface area contributed by atoms with Gasteiger partial charge in [-0.15, -0.1) is 89.7 Å². The first-order chi connectivity index (χ1) is 5.37. The van der Waals surface area contributed by atoms with Crippen molar-refractivity contribution in [3.8, 4) is 0 Å². The van der Waals surface area contributed by atoms with Crippen LogP contribution in [0.5, 0.6) is 0 Å². The van der Waals surface area contributed by atoms with E-state index in [-0.39, 0.29) is 0 Å². The first kappa shape index (κ1) is 16.0. The van der Waals surface area contributed by atoms with Crippen LogP contribution in [0.3, 0.4) is 0 Å². The smallest absolute Gasteiger partial charge is 0.126 e. The molecule has 3 radical (unpaired) electrons. The van der Waals surface area contributed by atoms with Crippen LogP contribution >= 0.6 is 89.7 Å². The molecule has 0 saturated heterocycles. The predicted octanol–water partition coefficient (Wildman–Crippen LogP) is 4.51. The average Bonchev–Trinajstić information content (AvgIpc) is 1.44. The molecular weight excluding hydrogens is 392 g/mol. The summed E-state index contributed by atoms with van der Waals surface area (Å²) < 4.78 is -1.53. The number of rotatable bonds is 3. The minimum atomic E-state index is -3.29. The zero-order chi connectivity index (χ0) is 11.1. The highest BCUT2D eigenvalue weighted by Crippen LogP contribution is 2.54. The van der Waals surface area contributed by atoms with E-state index in [2.05, 4.69) is 10.2 Å². The standard InChI is InChI=1S/C2HCl8Si3/c3-2(4,11)1(12(5,6)7)13(8,9)10/h1H. The second kappa shape index (κ2) is 5.09. The minimum Gasteiger partial charge on any atom is -0.126 e. The molecule has 0 rings (SSSR count). The van der Waals surface area contributed by atoms with Gasteiger partial charge in [0.05, 0.1) is 15.4 Å². The van der Waals surface area contributed by atoms with Gasteiger partial charge in [0.1, 0.15) is 3.96 Å². The van der Waals surface area contributed by atoms with Crippen LogP contribution in [0, 0.1) is 0 Å². The fourth-order valence-electron chi connectivity index (χ4n) is 0.597. The molecule has 0 saturated carbocycles. The fourth-order valence-corrected chi connectivity index (χ4v) is 26.1. The van der Waals surface area contributed by atoms with Crippen molar-refractivity contribution in [2.75, 3.05) is 0 Å². The maximum atomic E-state index is 5.72. The highest BCUT2D eigenvalue weighted by molar-refractivity contribution is 7.76. The van der Waals surface area contributed by atoms with Crippen molar-refractivity contribution in [2.24, 2.45) is 0 Å². The summed E-state index contributed by atoms with van der Waals surface area (Å²) in [6, 6.07) is -6.57. The normalized spacial score (nSPS) is 15.2. The van der Waals surface area contributed by atoms with E-state index in [1.807, 2.05) is 0 Å². The van der Waals surface area contributed by atoms with Gasteiger partial charge in [-0.25, -0.2) is 0 Å². The molecule has 0 nitrogen and oxygen atoms in total. The minimum absolute atomic E-state index is 0.956. The van der Waals surface area contributed by atoms with Gasteiger partial charge in [-0.3, -0.25) is 0 Å². The van der Waals surface area contributed by atoms with Gasteiger partial charge >= 0.3 is 12.0 Å². The molecule has 0 fully saturated rings. The molecule has 0 spiro atoms. The molecule has 0 aromatic carbocycles. The Morgan fingerprint density at radius 1 is 0.846 bits per heavy atom. The van der Waals surface area contributed by atoms with Gasteiger partial charge in [0.2, 0.25) is 0 Å². The van der Waals surface area contributed by atoms with E-state index >= 15 is 0 Å². The Morgan fingerprint density at radius 3 is 1.08 bits per heavy atom. The Hall–Kier alpha value is 2.97. The first-order valence-electron chi connectivity index (χ1n) is 2.63. The highest BCUT2D eigenvalue weighted by Gasteiger charge is 2.59. The third-order valence-electron chi connectivity index (χ3n) is 1.02. The average molecular weight is 393 g/mol. The lowest BCUT2D eigenvalue weighted by Gasteiger charge is -2.33. The second-order valence-electron chi connectivity index (χ2n) is 2.14. The van der Waals surface area contributed by atoms with Crippen molar-refractivity contribution in [3.63, 3.8) is 0 Å². The van der Waals surface area contributed by atoms with Crippen LogP contribution < -0.4 is 0 Å². The number of hydrogen-bond acceptors (Lipinski definition) is 0. The van der Waals surface area contributed by atoms with Crippen LogP contribution in [0.2, 0.25) is 5.16 Å². The second-order valence-corrected chi connectivity index (χ2v) is 23.1. The molecule has 0 unspecified atom stereocenters. The van der Waals surface area contributed by atoms with Crippen LogP contribution in [0.15, 0.2) is 0 Å². The van der Waals surface area contributed by atoms with Crippen molar-refractivity contribution in [2.45, 2.75) is 9.12 Å². The van der Waals surface area contributed by atoms with E-state index in [4.69, 9.17) is 89.7 Å². The van der Waals surface area contributed by atoms with E-state index in [0.29, 0.717) is 0 Å². The van der Waals surface area contributed by atoms with Crippen molar-refractivity contribution in [3.05, 3.63) is 0 Å². The zero-order valence-corrected chi connectivity index (χ0v) is 14.6. The van der Waals surface area contributed by atoms with Crippen molar-refractivity contribution in [1.29, 1.82) is 0 Å². The monoisotopic (exact) mass is 389 g/mol. The molecule has 0 atom stereocenters. The summed E-state index contributed by atoms with van der Waals surface area (Å²) >= 11 is 45.7. The molecule has 0 N–H and O–H groups in total. The molecular formula is C2HCl8Si3. The highest BCUT2D eigenvalue weighted by atomic mass is 35.8. The molecule has 0 heterocycles. The topological polar surface area (TPSA) is 0 Å². The molecule has 0 amide bonds. The molecule has 13 heavy (non-hydrogen) atoms. The van der Waals surface area contributed by atoms with Gasteiger partial charge in [0, 0.05) is 0 Å². The third-order valence-corrected chi connectivity index (χ3v) is 15.0. The summed E-state index contributed by atoms with van der Waals surface area (Å²) in [7, 11) is 2.96. The summed E-state index contributed by atoms with van der Waals surface area (Å²) in [6.45, 7) is 0. The van der Waals surface area contributed by atoms with E-state index in [1.54, 1.807) is 0 Å². The molecule has 0 aliphatic heterocycles. The van der Waals surface area contributed by atoms with Gasteiger partial charge in [-0.1, -0.05) is 0 Å². The maximum Gasteiger partial charge on any atom is 0.347 e. The quantitative estimate of drug-likeness (QED) is 0.376. The Kier molecular flexibility index (Phi) is 6.25. The van der Waals surface area contributed by atoms with Crippen LogP contribution in [-0.4, -0.2) is 26.2 Å². The summed E-state index contributed by atoms with van der Waals surface area (Å²) in [5.74, 6) is 0. The SMILES string of the molecule is [Si]C(Cl)(Cl)C([Si](Cl)(Cl)Cl)[Si](Cl)(Cl)Cl. The summed E-state index contributed by atoms with van der Waals surface area (Å²) in [6.07, 6.45) is 0. The van der Waals surface area contributed by atoms with Crippen LogP contribution in [0.1, 0.15) is 0 Å². The van der Waals surface area contributed by atoms with Gasteiger partial charge in [0.15, 0.2) is 0 Å². The summed E-state index contributed by atoms with van der Waals surface area (Å²) in [4.78, 5) is 0. The van der Waals surface area contributed by atoms with Gasteiger partial charge in [-0.05, 0) is 0 Å². The lowest BCUT2D eigenvalue weighted by Crippen LogP contribution is -2.45. The van der Waals surface area contributed by atoms with Crippen LogP contribution in [0.25, 0.3) is 0 Å². The first-order valence-corrected chi connectivity index (χ1v) is 14.1. The molecule has 77 valence electrons. The van der Waals surface area contributed by atoms with E-state index < -0.39 is 21.1 Å². The molecule has 0 aromatic heterocycles. The molecule has 0 aliphatic rings. The Morgan fingerprint density at radius 2 is 1.08 bits per heavy atom. The maximum absolute atomic E-state index is 5.72. The van der Waals surface area contributed by atoms with Crippen LogP contribution in [0.4, 0.5) is 0 Å². The fraction of sp³-hybridized carbons (Fsp3) is 1.00. The van der Waals surface area contributed by atoms with Gasteiger partial charge < -0.3 is 0 Å². The van der Waals surface area contributed by atoms with Crippen molar-refractivity contribution < 1.29 is 0 Å². The zero-order valence-electron chi connectivity index (χ0n) is 5.60. The summed E-state index contributed by atoms with van der Waals surface area (Å²) in [5, 5.41) is -0.956. The molecule has 0 bridgehead atoms. The number of alkyl halides is 2. The van der Waals surface area contributed by atoms with Crippen molar-refractivity contribution in [1.82, 2.24) is 0 Å². The van der Waals surface area contributed by atoms with E-state index in [0.717, 1.165) is 0 Å². The van der Waals surface area contributed by atoms with Crippen molar-refractivity contribution >= 4 is 112 Å². The Bertz CT molecular complexity index is 140. The molecule has 0 aromatic rings. The third kappa shape index (κ3) is 5.73. The molecule has 11 heteroatoms. The molecule has 0 aliphatic carbocycles. The Labute approximate surface area is 120 Å². The Balaban J connectivity index is 5.02. The van der Waals surface area contributed by atoms with E-state index in [9.17, 15) is 0 Å². The summed E-state index contributed by atoms with van der Waals surface area (Å²) in [5.41, 5.74) is 0. The lowest BCUT2D eigenvalue weighted by atomic mass is 10.9. The van der Waals surface area contributed by atoms with E-state index in [1.165, 1.54) is 0 Å². The largest absolute Gasteiger partial charge is 0.347 e. The van der Waals surface area contributed by atoms with Crippen LogP contribution in [-0.2, 0) is 0 Å². The number of hydrogen-bond donors (Lipinski definition) is 0. The predicted molar refractivity (Wildman–Crippen MR) is 70.6 cm³/mol. The lowest BCUT2D eigenvalue weighted by molar-refractivity contribution is 1.14. The number of halogens is 8. The van der Waals surface area contributed by atoms with Gasteiger partial charge in [0.25, 0.3) is 0 Å².